The van der Waals surface area contributed by atoms with Crippen molar-refractivity contribution in [2.24, 2.45) is 16.6 Å². The van der Waals surface area contributed by atoms with Gasteiger partial charge in [-0.2, -0.15) is 0 Å². The molecule has 6 heteroatoms. The number of ether oxygens (including phenoxy) is 1. The summed E-state index contributed by atoms with van der Waals surface area (Å²) in [6.07, 6.45) is -0.189. The number of nitrogens with one attached hydrogen (secondary N) is 1. The van der Waals surface area contributed by atoms with Gasteiger partial charge in [0.15, 0.2) is 5.96 Å². The van der Waals surface area contributed by atoms with Crippen LogP contribution in [0.25, 0.3) is 0 Å². The number of halogens is 2. The van der Waals surface area contributed by atoms with Crippen LogP contribution >= 0.6 is 0 Å². The third-order valence-corrected chi connectivity index (χ3v) is 3.04. The number of methoxy groups -OCH3 is 1. The van der Waals surface area contributed by atoms with Crippen LogP contribution in [-0.2, 0) is 0 Å². The molecule has 1 aromatic carbocycles. The molecule has 0 atom stereocenters. The highest BCUT2D eigenvalue weighted by Crippen LogP contribution is 2.42. The predicted molar refractivity (Wildman–Crippen MR) is 70.8 cm³/mol. The lowest BCUT2D eigenvalue weighted by Gasteiger charge is -2.33. The van der Waals surface area contributed by atoms with E-state index in [9.17, 15) is 8.78 Å². The van der Waals surface area contributed by atoms with E-state index < -0.39 is 5.92 Å². The maximum absolute atomic E-state index is 12.6. The SMILES string of the molecule is COc1cccc(NC(N)=NCC2CC(F)(F)C2)c1. The molecule has 0 amide bonds. The first-order valence-electron chi connectivity index (χ1n) is 6.07. The lowest BCUT2D eigenvalue weighted by molar-refractivity contribution is -0.107. The van der Waals surface area contributed by atoms with Crippen LogP contribution in [0.15, 0.2) is 29.3 Å². The number of aliphatic imine (C=N–C) groups is 1. The molecular formula is C13H17F2N3O. The monoisotopic (exact) mass is 269 g/mol. The van der Waals surface area contributed by atoms with E-state index in [0.717, 1.165) is 5.69 Å². The Morgan fingerprint density at radius 2 is 2.26 bits per heavy atom. The van der Waals surface area contributed by atoms with Crippen molar-refractivity contribution < 1.29 is 13.5 Å². The standard InChI is InChI=1S/C13H17F2N3O/c1-19-11-4-2-3-10(5-11)18-12(16)17-8-9-6-13(14,15)7-9/h2-5,9H,6-8H2,1H3,(H3,16,17,18). The van der Waals surface area contributed by atoms with Crippen LogP contribution in [0.4, 0.5) is 14.5 Å². The fourth-order valence-electron chi connectivity index (χ4n) is 2.03. The van der Waals surface area contributed by atoms with Crippen molar-refractivity contribution in [3.8, 4) is 5.75 Å². The maximum atomic E-state index is 12.6. The highest BCUT2D eigenvalue weighted by molar-refractivity contribution is 5.92. The number of alkyl halides is 2. The number of rotatable bonds is 4. The zero-order valence-corrected chi connectivity index (χ0v) is 10.7. The summed E-state index contributed by atoms with van der Waals surface area (Å²) in [6, 6.07) is 7.23. The van der Waals surface area contributed by atoms with Crippen LogP contribution in [0.2, 0.25) is 0 Å². The molecule has 0 aliphatic heterocycles. The molecule has 0 heterocycles. The number of benzene rings is 1. The summed E-state index contributed by atoms with van der Waals surface area (Å²) >= 11 is 0. The lowest BCUT2D eigenvalue weighted by Crippen LogP contribution is -2.37. The Morgan fingerprint density at radius 1 is 1.53 bits per heavy atom. The van der Waals surface area contributed by atoms with Crippen LogP contribution in [0.1, 0.15) is 12.8 Å². The van der Waals surface area contributed by atoms with Crippen molar-refractivity contribution in [2.75, 3.05) is 19.0 Å². The summed E-state index contributed by atoms with van der Waals surface area (Å²) in [4.78, 5) is 4.07. The third-order valence-electron chi connectivity index (χ3n) is 3.04. The van der Waals surface area contributed by atoms with Gasteiger partial charge in [0.2, 0.25) is 5.92 Å². The summed E-state index contributed by atoms with van der Waals surface area (Å²) in [5, 5.41) is 2.90. The minimum atomic E-state index is -2.50. The summed E-state index contributed by atoms with van der Waals surface area (Å²) in [7, 11) is 1.58. The molecule has 0 radical (unpaired) electrons. The van der Waals surface area contributed by atoms with Gasteiger partial charge >= 0.3 is 0 Å². The Labute approximate surface area is 110 Å². The van der Waals surface area contributed by atoms with E-state index in [4.69, 9.17) is 10.5 Å². The summed E-state index contributed by atoms with van der Waals surface area (Å²) < 4.78 is 30.3. The van der Waals surface area contributed by atoms with E-state index in [-0.39, 0.29) is 24.7 Å². The average Bonchev–Trinajstić information content (AvgIpc) is 2.34. The lowest BCUT2D eigenvalue weighted by atomic mass is 9.81. The highest BCUT2D eigenvalue weighted by atomic mass is 19.3. The Hall–Kier alpha value is -1.85. The Kier molecular flexibility index (Phi) is 3.87. The maximum Gasteiger partial charge on any atom is 0.248 e. The fraction of sp³-hybridized carbons (Fsp3) is 0.462. The molecule has 1 fully saturated rings. The second kappa shape index (κ2) is 5.42. The van der Waals surface area contributed by atoms with Crippen LogP contribution in [0.3, 0.4) is 0 Å². The first-order chi connectivity index (χ1) is 8.98. The normalized spacial score (nSPS) is 18.8. The third kappa shape index (κ3) is 3.81. The first kappa shape index (κ1) is 13.6. The molecule has 0 aromatic heterocycles. The summed E-state index contributed by atoms with van der Waals surface area (Å²) in [6.45, 7) is 0.332. The molecule has 1 aliphatic rings. The van der Waals surface area contributed by atoms with Gasteiger partial charge in [0, 0.05) is 31.1 Å². The Bertz CT molecular complexity index is 469. The van der Waals surface area contributed by atoms with Gasteiger partial charge in [-0.05, 0) is 18.1 Å². The second-order valence-electron chi connectivity index (χ2n) is 4.71. The van der Waals surface area contributed by atoms with Gasteiger partial charge in [-0.1, -0.05) is 6.07 Å². The van der Waals surface area contributed by atoms with Gasteiger partial charge in [-0.3, -0.25) is 4.99 Å². The van der Waals surface area contributed by atoms with E-state index in [1.54, 1.807) is 13.2 Å². The summed E-state index contributed by atoms with van der Waals surface area (Å²) in [5.74, 6) is -1.64. The number of nitrogens with two attached hydrogens (primary N) is 1. The molecule has 2 rings (SSSR count). The first-order valence-corrected chi connectivity index (χ1v) is 6.07. The van der Waals surface area contributed by atoms with Gasteiger partial charge in [-0.15, -0.1) is 0 Å². The van der Waals surface area contributed by atoms with Gasteiger partial charge in [0.1, 0.15) is 5.75 Å². The largest absolute Gasteiger partial charge is 0.497 e. The molecule has 1 saturated carbocycles. The molecule has 1 aromatic rings. The average molecular weight is 269 g/mol. The van der Waals surface area contributed by atoms with Crippen molar-refractivity contribution in [2.45, 2.75) is 18.8 Å². The van der Waals surface area contributed by atoms with E-state index in [1.807, 2.05) is 18.2 Å². The van der Waals surface area contributed by atoms with E-state index in [1.165, 1.54) is 0 Å². The van der Waals surface area contributed by atoms with Crippen LogP contribution in [0, 0.1) is 5.92 Å². The van der Waals surface area contributed by atoms with Gasteiger partial charge in [0.25, 0.3) is 0 Å². The van der Waals surface area contributed by atoms with Gasteiger partial charge < -0.3 is 15.8 Å². The number of hydrogen-bond acceptors (Lipinski definition) is 2. The highest BCUT2D eigenvalue weighted by Gasteiger charge is 2.44. The summed E-state index contributed by atoms with van der Waals surface area (Å²) in [5.41, 5.74) is 6.45. The molecule has 3 N–H and O–H groups in total. The Morgan fingerprint density at radius 3 is 2.89 bits per heavy atom. The minimum Gasteiger partial charge on any atom is -0.497 e. The number of hydrogen-bond donors (Lipinski definition) is 2. The van der Waals surface area contributed by atoms with E-state index >= 15 is 0 Å². The molecule has 19 heavy (non-hydrogen) atoms. The number of nitrogens with zero attached hydrogens (tertiary/aromatic N) is 1. The zero-order valence-electron chi connectivity index (χ0n) is 10.7. The van der Waals surface area contributed by atoms with Crippen molar-refractivity contribution >= 4 is 11.6 Å². The molecule has 0 bridgehead atoms. The van der Waals surface area contributed by atoms with Crippen molar-refractivity contribution in [3.63, 3.8) is 0 Å². The van der Waals surface area contributed by atoms with Crippen molar-refractivity contribution in [3.05, 3.63) is 24.3 Å². The molecule has 0 saturated heterocycles. The van der Waals surface area contributed by atoms with Crippen molar-refractivity contribution in [1.82, 2.24) is 0 Å². The molecule has 1 aliphatic carbocycles. The number of guanidine groups is 1. The van der Waals surface area contributed by atoms with Gasteiger partial charge in [0.05, 0.1) is 7.11 Å². The van der Waals surface area contributed by atoms with Crippen LogP contribution in [0.5, 0.6) is 5.75 Å². The van der Waals surface area contributed by atoms with Crippen molar-refractivity contribution in [1.29, 1.82) is 0 Å². The molecule has 104 valence electrons. The second-order valence-corrected chi connectivity index (χ2v) is 4.71. The zero-order chi connectivity index (χ0) is 13.9. The smallest absolute Gasteiger partial charge is 0.248 e. The van der Waals surface area contributed by atoms with Gasteiger partial charge in [-0.25, -0.2) is 8.78 Å². The number of anilines is 1. The minimum absolute atomic E-state index is 0.0688. The molecule has 0 unspecified atom stereocenters. The topological polar surface area (TPSA) is 59.6 Å². The Balaban J connectivity index is 1.84. The molecule has 0 spiro atoms. The molecular weight excluding hydrogens is 252 g/mol. The predicted octanol–water partition coefficient (Wildman–Crippen LogP) is 2.47. The fourth-order valence-corrected chi connectivity index (χ4v) is 2.03. The molecule has 4 nitrogen and oxygen atoms in total. The van der Waals surface area contributed by atoms with E-state index in [0.29, 0.717) is 12.3 Å². The van der Waals surface area contributed by atoms with E-state index in [2.05, 4.69) is 10.3 Å². The van der Waals surface area contributed by atoms with Crippen LogP contribution < -0.4 is 15.8 Å². The van der Waals surface area contributed by atoms with Crippen LogP contribution in [-0.4, -0.2) is 25.5 Å². The quantitative estimate of drug-likeness (QED) is 0.652.